The van der Waals surface area contributed by atoms with Crippen molar-refractivity contribution in [2.45, 2.75) is 159 Å². The maximum absolute atomic E-state index is 12.1. The van der Waals surface area contributed by atoms with Crippen LogP contribution in [0.25, 0.3) is 0 Å². The van der Waals surface area contributed by atoms with Crippen LogP contribution in [0.4, 0.5) is 0 Å². The molecule has 0 bridgehead atoms. The number of carbonyl (C=O) groups excluding carboxylic acids is 2. The van der Waals surface area contributed by atoms with Crippen LogP contribution in [0.2, 0.25) is 0 Å². The smallest absolute Gasteiger partial charge is 0.160 e. The van der Waals surface area contributed by atoms with Gasteiger partial charge in [0.15, 0.2) is 11.6 Å². The number of hydrogen-bond donors (Lipinski definition) is 0. The predicted octanol–water partition coefficient (Wildman–Crippen LogP) is 15.1. The van der Waals surface area contributed by atoms with Crippen molar-refractivity contribution in [2.24, 2.45) is 35.5 Å². The second kappa shape index (κ2) is 26.7. The Morgan fingerprint density at radius 1 is 0.483 bits per heavy atom. The lowest BCUT2D eigenvalue weighted by molar-refractivity contribution is 0.101. The fourth-order valence-electron chi connectivity index (χ4n) is 7.22. The molecule has 318 valence electrons. The monoisotopic (exact) mass is 827 g/mol. The van der Waals surface area contributed by atoms with Crippen molar-refractivity contribution < 1.29 is 19.1 Å². The van der Waals surface area contributed by atoms with Gasteiger partial charge < -0.3 is 9.47 Å². The van der Waals surface area contributed by atoms with E-state index in [4.69, 9.17) is 9.47 Å². The van der Waals surface area contributed by atoms with Gasteiger partial charge >= 0.3 is 0 Å². The Morgan fingerprint density at radius 3 is 1.09 bits per heavy atom. The van der Waals surface area contributed by atoms with Crippen LogP contribution in [-0.2, 0) is 0 Å². The molecule has 0 aliphatic carbocycles. The van der Waals surface area contributed by atoms with Crippen LogP contribution in [0.3, 0.4) is 0 Å². The first-order chi connectivity index (χ1) is 27.7. The molecule has 0 saturated heterocycles. The highest BCUT2D eigenvalue weighted by Crippen LogP contribution is 2.32. The second-order valence-corrected chi connectivity index (χ2v) is 20.0. The van der Waals surface area contributed by atoms with Crippen LogP contribution >= 0.6 is 22.7 Å². The third kappa shape index (κ3) is 19.6. The minimum atomic E-state index is 0.0381. The number of Topliss-reactive ketones (excluding diaryl/α,β-unsaturated/α-hetero) is 2. The van der Waals surface area contributed by atoms with Gasteiger partial charge in [-0.1, -0.05) is 156 Å². The van der Waals surface area contributed by atoms with E-state index in [-0.39, 0.29) is 11.6 Å². The van der Waals surface area contributed by atoms with E-state index in [0.29, 0.717) is 71.3 Å². The summed E-state index contributed by atoms with van der Waals surface area (Å²) in [5.74, 6) is 19.0. The Bertz CT molecular complexity index is 1640. The molecule has 0 atom stereocenters. The molecule has 0 radical (unpaired) electrons. The SMILES string of the molecule is CC(=O)c1csc(C#Cc2cc(OCCC(CCCC(C)C)CCCC(C)C)c(C#Cc3cc(C(C)=O)cs3)cc2OCCC(CCCC(C)C)CCCC(C)C)c1. The van der Waals surface area contributed by atoms with Crippen LogP contribution < -0.4 is 9.47 Å². The van der Waals surface area contributed by atoms with Gasteiger partial charge in [0.1, 0.15) is 11.5 Å². The van der Waals surface area contributed by atoms with Gasteiger partial charge in [0.05, 0.1) is 34.1 Å². The van der Waals surface area contributed by atoms with Crippen LogP contribution in [0.15, 0.2) is 35.0 Å². The van der Waals surface area contributed by atoms with Gasteiger partial charge in [-0.05, 0) is 74.3 Å². The zero-order valence-electron chi connectivity index (χ0n) is 37.7. The van der Waals surface area contributed by atoms with Crippen LogP contribution in [-0.4, -0.2) is 24.8 Å². The molecule has 3 aromatic rings. The molecule has 0 aliphatic rings. The average molecular weight is 827 g/mol. The van der Waals surface area contributed by atoms with Gasteiger partial charge in [-0.15, -0.1) is 22.7 Å². The van der Waals surface area contributed by atoms with Gasteiger partial charge in [0.25, 0.3) is 0 Å². The lowest BCUT2D eigenvalue weighted by Crippen LogP contribution is -2.11. The lowest BCUT2D eigenvalue weighted by atomic mass is 9.90. The molecule has 0 aliphatic heterocycles. The van der Waals surface area contributed by atoms with Gasteiger partial charge in [0.2, 0.25) is 0 Å². The summed E-state index contributed by atoms with van der Waals surface area (Å²) in [5, 5.41) is 3.74. The third-order valence-corrected chi connectivity index (χ3v) is 12.6. The maximum atomic E-state index is 12.1. The van der Waals surface area contributed by atoms with E-state index >= 15 is 0 Å². The molecule has 2 aromatic heterocycles. The van der Waals surface area contributed by atoms with Crippen molar-refractivity contribution in [3.8, 4) is 35.2 Å². The van der Waals surface area contributed by atoms with E-state index in [2.05, 4.69) is 79.1 Å². The molecule has 2 heterocycles. The first kappa shape index (κ1) is 49.0. The summed E-state index contributed by atoms with van der Waals surface area (Å²) in [6.07, 6.45) is 16.9. The van der Waals surface area contributed by atoms with E-state index in [1.165, 1.54) is 99.7 Å². The standard InChI is InChI=1S/C52H74O4S2/c1-37(2)15-11-19-43(20-12-16-38(3)4)27-29-55-51-33-46(24-26-50-32-48(36-58-50)42(10)54)52(34-45(51)23-25-49-31-47(35-57-49)41(9)53)56-30-28-44(21-13-17-39(5)6)22-14-18-40(7)8/h31-40,43-44H,11-22,27-30H2,1-10H3. The van der Waals surface area contributed by atoms with Crippen LogP contribution in [0.5, 0.6) is 11.5 Å². The fourth-order valence-corrected chi connectivity index (χ4v) is 8.81. The summed E-state index contributed by atoms with van der Waals surface area (Å²) in [5.41, 5.74) is 2.88. The molecular weight excluding hydrogens is 753 g/mol. The molecule has 4 nitrogen and oxygen atoms in total. The van der Waals surface area contributed by atoms with Crippen molar-refractivity contribution in [3.05, 3.63) is 67.0 Å². The minimum Gasteiger partial charge on any atom is -0.492 e. The van der Waals surface area contributed by atoms with Gasteiger partial charge in [-0.25, -0.2) is 0 Å². The largest absolute Gasteiger partial charge is 0.492 e. The molecule has 0 amide bonds. The number of ketones is 2. The van der Waals surface area contributed by atoms with E-state index in [1.54, 1.807) is 13.8 Å². The van der Waals surface area contributed by atoms with Crippen molar-refractivity contribution in [1.29, 1.82) is 0 Å². The molecule has 0 saturated carbocycles. The zero-order chi connectivity index (χ0) is 42.5. The predicted molar refractivity (Wildman–Crippen MR) is 249 cm³/mol. The van der Waals surface area contributed by atoms with E-state index < -0.39 is 0 Å². The van der Waals surface area contributed by atoms with Gasteiger partial charge in [0, 0.05) is 34.0 Å². The number of rotatable bonds is 26. The highest BCUT2D eigenvalue weighted by atomic mass is 32.1. The number of carbonyl (C=O) groups is 2. The minimum absolute atomic E-state index is 0.0381. The summed E-state index contributed by atoms with van der Waals surface area (Å²) in [7, 11) is 0. The van der Waals surface area contributed by atoms with Gasteiger partial charge in [-0.2, -0.15) is 0 Å². The highest BCUT2D eigenvalue weighted by molar-refractivity contribution is 7.11. The zero-order valence-corrected chi connectivity index (χ0v) is 39.3. The third-order valence-electron chi connectivity index (χ3n) is 10.9. The number of hydrogen-bond acceptors (Lipinski definition) is 6. The van der Waals surface area contributed by atoms with Crippen LogP contribution in [0.1, 0.15) is 201 Å². The molecule has 0 unspecified atom stereocenters. The Morgan fingerprint density at radius 2 is 0.810 bits per heavy atom. The molecular formula is C52H74O4S2. The summed E-state index contributed by atoms with van der Waals surface area (Å²) >= 11 is 2.96. The second-order valence-electron chi connectivity index (χ2n) is 18.2. The fraction of sp³-hybridized carbons (Fsp3) is 0.615. The maximum Gasteiger partial charge on any atom is 0.160 e. The Labute approximate surface area is 361 Å². The molecule has 0 fully saturated rings. The van der Waals surface area contributed by atoms with Crippen LogP contribution in [0, 0.1) is 59.2 Å². The highest BCUT2D eigenvalue weighted by Gasteiger charge is 2.16. The average Bonchev–Trinajstić information content (AvgIpc) is 3.84. The molecule has 6 heteroatoms. The molecule has 58 heavy (non-hydrogen) atoms. The number of benzene rings is 1. The quantitative estimate of drug-likeness (QED) is 0.0597. The van der Waals surface area contributed by atoms with E-state index in [0.717, 1.165) is 33.7 Å². The lowest BCUT2D eigenvalue weighted by Gasteiger charge is -2.20. The van der Waals surface area contributed by atoms with E-state index in [1.807, 2.05) is 35.0 Å². The Hall–Kier alpha value is -3.32. The molecule has 3 rings (SSSR count). The number of ether oxygens (including phenoxy) is 2. The first-order valence-corrected chi connectivity index (χ1v) is 24.1. The van der Waals surface area contributed by atoms with Crippen molar-refractivity contribution in [1.82, 2.24) is 0 Å². The molecule has 0 spiro atoms. The topological polar surface area (TPSA) is 52.6 Å². The Balaban J connectivity index is 1.99. The first-order valence-electron chi connectivity index (χ1n) is 22.4. The number of thiophene rings is 2. The summed E-state index contributed by atoms with van der Waals surface area (Å²) < 4.78 is 13.4. The van der Waals surface area contributed by atoms with E-state index in [9.17, 15) is 9.59 Å². The molecule has 0 N–H and O–H groups in total. The summed E-state index contributed by atoms with van der Waals surface area (Å²) in [6.45, 7) is 22.9. The normalized spacial score (nSPS) is 11.4. The summed E-state index contributed by atoms with van der Waals surface area (Å²) in [6, 6.07) is 7.75. The van der Waals surface area contributed by atoms with Gasteiger partial charge in [-0.3, -0.25) is 9.59 Å². The summed E-state index contributed by atoms with van der Waals surface area (Å²) in [4.78, 5) is 25.8. The van der Waals surface area contributed by atoms with Crippen molar-refractivity contribution in [3.63, 3.8) is 0 Å². The molecule has 1 aromatic carbocycles. The van der Waals surface area contributed by atoms with Crippen molar-refractivity contribution in [2.75, 3.05) is 13.2 Å². The van der Waals surface area contributed by atoms with Crippen molar-refractivity contribution >= 4 is 34.2 Å². The Kier molecular flexibility index (Phi) is 22.6.